The molecule has 172 valence electrons. The van der Waals surface area contributed by atoms with Crippen molar-refractivity contribution in [2.75, 3.05) is 5.32 Å². The highest BCUT2D eigenvalue weighted by Crippen LogP contribution is 2.23. The van der Waals surface area contributed by atoms with E-state index in [4.69, 9.17) is 4.74 Å². The molecule has 2 N–H and O–H groups in total. The van der Waals surface area contributed by atoms with Crippen LogP contribution in [0.2, 0.25) is 0 Å². The predicted molar refractivity (Wildman–Crippen MR) is 131 cm³/mol. The lowest BCUT2D eigenvalue weighted by Gasteiger charge is -2.08. The summed E-state index contributed by atoms with van der Waals surface area (Å²) in [5, 5.41) is 13.3. The second-order valence-corrected chi connectivity index (χ2v) is 8.51. The lowest BCUT2D eigenvalue weighted by molar-refractivity contribution is -0.122. The lowest BCUT2D eigenvalue weighted by Crippen LogP contribution is -2.28. The topological polar surface area (TPSA) is 92.2 Å². The number of nitrogens with zero attached hydrogens (tertiary/aromatic N) is 2. The molecule has 1 aliphatic rings. The van der Waals surface area contributed by atoms with E-state index in [0.717, 1.165) is 17.3 Å². The van der Waals surface area contributed by atoms with E-state index in [1.807, 2.05) is 36.4 Å². The summed E-state index contributed by atoms with van der Waals surface area (Å²) < 4.78 is 18.9. The SMILES string of the molecule is O=C(C[C@H]1S/C(=N\N=C/c2ccccc2OCc2ccc(F)cc2)NC1=O)Nc1ccccc1. The maximum absolute atomic E-state index is 13.1. The molecule has 0 spiro atoms. The summed E-state index contributed by atoms with van der Waals surface area (Å²) in [6.45, 7) is 0.276. The van der Waals surface area contributed by atoms with E-state index in [1.54, 1.807) is 30.3 Å². The lowest BCUT2D eigenvalue weighted by atomic mass is 10.2. The molecule has 0 saturated carbocycles. The molecule has 0 aliphatic carbocycles. The van der Waals surface area contributed by atoms with Crippen molar-refractivity contribution in [2.24, 2.45) is 10.2 Å². The van der Waals surface area contributed by atoms with Crippen LogP contribution in [0.3, 0.4) is 0 Å². The molecule has 0 bridgehead atoms. The molecule has 34 heavy (non-hydrogen) atoms. The number of nitrogens with one attached hydrogen (secondary N) is 2. The van der Waals surface area contributed by atoms with Gasteiger partial charge in [0.15, 0.2) is 5.17 Å². The smallest absolute Gasteiger partial charge is 0.240 e. The van der Waals surface area contributed by atoms with Gasteiger partial charge in [0.25, 0.3) is 0 Å². The van der Waals surface area contributed by atoms with Gasteiger partial charge in [-0.2, -0.15) is 5.10 Å². The summed E-state index contributed by atoms with van der Waals surface area (Å²) in [6.07, 6.45) is 1.54. The summed E-state index contributed by atoms with van der Waals surface area (Å²) in [5.41, 5.74) is 2.21. The van der Waals surface area contributed by atoms with Crippen molar-refractivity contribution in [3.8, 4) is 5.75 Å². The maximum atomic E-state index is 13.1. The summed E-state index contributed by atoms with van der Waals surface area (Å²) in [4.78, 5) is 24.4. The van der Waals surface area contributed by atoms with Crippen molar-refractivity contribution in [3.05, 3.63) is 95.8 Å². The third kappa shape index (κ3) is 6.52. The Morgan fingerprint density at radius 1 is 1.06 bits per heavy atom. The first kappa shape index (κ1) is 23.2. The molecule has 1 aliphatic heterocycles. The van der Waals surface area contributed by atoms with Crippen LogP contribution in [0.4, 0.5) is 10.1 Å². The van der Waals surface area contributed by atoms with Gasteiger partial charge in [-0.3, -0.25) is 9.59 Å². The Kier molecular flexibility index (Phi) is 7.67. The molecular weight excluding hydrogens is 455 g/mol. The van der Waals surface area contributed by atoms with Gasteiger partial charge in [0.1, 0.15) is 23.4 Å². The van der Waals surface area contributed by atoms with E-state index in [9.17, 15) is 14.0 Å². The van der Waals surface area contributed by atoms with Crippen LogP contribution in [0.1, 0.15) is 17.5 Å². The van der Waals surface area contributed by atoms with Crippen LogP contribution >= 0.6 is 11.8 Å². The number of carbonyl (C=O) groups excluding carboxylic acids is 2. The van der Waals surface area contributed by atoms with Crippen LogP contribution in [-0.4, -0.2) is 28.4 Å². The standard InChI is InChI=1S/C25H21FN4O3S/c26-19-12-10-17(11-13-19)16-33-21-9-5-4-6-18(21)15-27-30-25-29-24(32)22(34-25)14-23(31)28-20-7-2-1-3-8-20/h1-13,15,22H,14,16H2,(H,28,31)(H,29,30,32)/b27-15-/t22-/m1/s1. The molecule has 3 aromatic rings. The number of amidine groups is 1. The number of thioether (sulfide) groups is 1. The highest BCUT2D eigenvalue weighted by atomic mass is 32.2. The predicted octanol–water partition coefficient (Wildman–Crippen LogP) is 4.36. The Morgan fingerprint density at radius 2 is 1.79 bits per heavy atom. The normalized spacial score (nSPS) is 16.6. The number of para-hydroxylation sites is 2. The van der Waals surface area contributed by atoms with Crippen LogP contribution in [0, 0.1) is 5.82 Å². The zero-order valence-corrected chi connectivity index (χ0v) is 18.8. The molecule has 0 aromatic heterocycles. The molecule has 1 fully saturated rings. The molecule has 7 nitrogen and oxygen atoms in total. The van der Waals surface area contributed by atoms with Gasteiger partial charge < -0.3 is 15.4 Å². The van der Waals surface area contributed by atoms with Gasteiger partial charge >= 0.3 is 0 Å². The van der Waals surface area contributed by atoms with E-state index in [0.29, 0.717) is 22.2 Å². The highest BCUT2D eigenvalue weighted by Gasteiger charge is 2.32. The molecule has 1 saturated heterocycles. The van der Waals surface area contributed by atoms with Gasteiger partial charge in [0, 0.05) is 17.7 Å². The van der Waals surface area contributed by atoms with Crippen molar-refractivity contribution in [2.45, 2.75) is 18.3 Å². The van der Waals surface area contributed by atoms with Crippen molar-refractivity contribution < 1.29 is 18.7 Å². The van der Waals surface area contributed by atoms with Gasteiger partial charge in [0.05, 0.1) is 6.21 Å². The number of amides is 2. The Hall–Kier alpha value is -3.98. The monoisotopic (exact) mass is 476 g/mol. The van der Waals surface area contributed by atoms with Crippen LogP contribution < -0.4 is 15.4 Å². The van der Waals surface area contributed by atoms with Crippen LogP contribution in [0.5, 0.6) is 5.75 Å². The molecule has 0 radical (unpaired) electrons. The number of anilines is 1. The molecule has 0 unspecified atom stereocenters. The second kappa shape index (κ2) is 11.2. The van der Waals surface area contributed by atoms with Gasteiger partial charge in [-0.1, -0.05) is 54.2 Å². The molecular formula is C25H21FN4O3S. The number of rotatable bonds is 8. The van der Waals surface area contributed by atoms with E-state index in [2.05, 4.69) is 20.8 Å². The minimum absolute atomic E-state index is 0.0220. The van der Waals surface area contributed by atoms with Crippen LogP contribution in [0.15, 0.2) is 89.1 Å². The minimum Gasteiger partial charge on any atom is -0.488 e. The van der Waals surface area contributed by atoms with Crippen LogP contribution in [-0.2, 0) is 16.2 Å². The first-order valence-electron chi connectivity index (χ1n) is 10.5. The van der Waals surface area contributed by atoms with Gasteiger partial charge in [-0.25, -0.2) is 4.39 Å². The fourth-order valence-corrected chi connectivity index (χ4v) is 4.02. The summed E-state index contributed by atoms with van der Waals surface area (Å²) in [6, 6.07) is 22.4. The first-order valence-corrected chi connectivity index (χ1v) is 11.3. The first-order chi connectivity index (χ1) is 16.6. The van der Waals surface area contributed by atoms with E-state index >= 15 is 0 Å². The van der Waals surface area contributed by atoms with Crippen molar-refractivity contribution >= 4 is 40.6 Å². The number of benzene rings is 3. The fraction of sp³-hybridized carbons (Fsp3) is 0.120. The Balaban J connectivity index is 1.33. The number of carbonyl (C=O) groups is 2. The summed E-state index contributed by atoms with van der Waals surface area (Å²) >= 11 is 1.16. The molecule has 4 rings (SSSR count). The van der Waals surface area contributed by atoms with Crippen molar-refractivity contribution in [3.63, 3.8) is 0 Å². The minimum atomic E-state index is -0.580. The maximum Gasteiger partial charge on any atom is 0.240 e. The summed E-state index contributed by atoms with van der Waals surface area (Å²) in [7, 11) is 0. The number of hydrogen-bond donors (Lipinski definition) is 2. The Morgan fingerprint density at radius 3 is 2.59 bits per heavy atom. The average molecular weight is 477 g/mol. The zero-order valence-electron chi connectivity index (χ0n) is 18.0. The molecule has 2 amide bonds. The average Bonchev–Trinajstić information content (AvgIpc) is 3.18. The van der Waals surface area contributed by atoms with Crippen LogP contribution in [0.25, 0.3) is 0 Å². The van der Waals surface area contributed by atoms with Gasteiger partial charge in [0.2, 0.25) is 11.8 Å². The Labute approximate surface area is 200 Å². The second-order valence-electron chi connectivity index (χ2n) is 7.32. The fourth-order valence-electron chi connectivity index (χ4n) is 3.09. The largest absolute Gasteiger partial charge is 0.488 e. The summed E-state index contributed by atoms with van der Waals surface area (Å²) in [5.74, 6) is -0.248. The molecule has 9 heteroatoms. The number of halogens is 1. The highest BCUT2D eigenvalue weighted by molar-refractivity contribution is 8.15. The number of ether oxygens (including phenoxy) is 1. The van der Waals surface area contributed by atoms with E-state index < -0.39 is 5.25 Å². The van der Waals surface area contributed by atoms with Gasteiger partial charge in [-0.15, -0.1) is 5.10 Å². The third-order valence-electron chi connectivity index (χ3n) is 4.78. The van der Waals surface area contributed by atoms with Crippen molar-refractivity contribution in [1.82, 2.24) is 5.32 Å². The molecule has 1 heterocycles. The zero-order chi connectivity index (χ0) is 23.8. The van der Waals surface area contributed by atoms with E-state index in [-0.39, 0.29) is 30.7 Å². The quantitative estimate of drug-likeness (QED) is 0.373. The number of hydrogen-bond acceptors (Lipinski definition) is 6. The van der Waals surface area contributed by atoms with E-state index in [1.165, 1.54) is 18.3 Å². The molecule has 1 atom stereocenters. The Bertz CT molecular complexity index is 1220. The molecule has 3 aromatic carbocycles. The van der Waals surface area contributed by atoms with Crippen molar-refractivity contribution in [1.29, 1.82) is 0 Å². The third-order valence-corrected chi connectivity index (χ3v) is 5.85. The van der Waals surface area contributed by atoms with Gasteiger partial charge in [-0.05, 0) is 42.0 Å².